The monoisotopic (exact) mass is 267 g/mol. The predicted molar refractivity (Wildman–Crippen MR) is 76.1 cm³/mol. The number of amides is 1. The SMILES string of the molecule is COc1cccc(NC(=O)c2ccn3cncc3c2)c1. The Morgan fingerprint density at radius 2 is 2.20 bits per heavy atom. The van der Waals surface area contributed by atoms with E-state index in [-0.39, 0.29) is 5.91 Å². The third-order valence-corrected chi connectivity index (χ3v) is 3.00. The first kappa shape index (κ1) is 12.2. The van der Waals surface area contributed by atoms with Crippen LogP contribution < -0.4 is 10.1 Å². The van der Waals surface area contributed by atoms with Crippen molar-refractivity contribution in [1.29, 1.82) is 0 Å². The second-order valence-corrected chi connectivity index (χ2v) is 4.33. The Labute approximate surface area is 115 Å². The van der Waals surface area contributed by atoms with Gasteiger partial charge in [0.1, 0.15) is 5.75 Å². The zero-order chi connectivity index (χ0) is 13.9. The van der Waals surface area contributed by atoms with Gasteiger partial charge in [-0.05, 0) is 24.3 Å². The van der Waals surface area contributed by atoms with E-state index >= 15 is 0 Å². The molecule has 0 spiro atoms. The fourth-order valence-corrected chi connectivity index (χ4v) is 1.96. The Morgan fingerprint density at radius 3 is 3.05 bits per heavy atom. The smallest absolute Gasteiger partial charge is 0.255 e. The van der Waals surface area contributed by atoms with E-state index in [1.807, 2.05) is 28.8 Å². The number of carbonyl (C=O) groups excluding carboxylic acids is 1. The summed E-state index contributed by atoms with van der Waals surface area (Å²) in [5, 5.41) is 2.84. The van der Waals surface area contributed by atoms with Gasteiger partial charge in [-0.1, -0.05) is 6.07 Å². The van der Waals surface area contributed by atoms with Crippen LogP contribution >= 0.6 is 0 Å². The van der Waals surface area contributed by atoms with Gasteiger partial charge in [0, 0.05) is 23.5 Å². The lowest BCUT2D eigenvalue weighted by atomic mass is 10.2. The summed E-state index contributed by atoms with van der Waals surface area (Å²) in [5.41, 5.74) is 2.16. The highest BCUT2D eigenvalue weighted by Gasteiger charge is 2.07. The molecule has 0 atom stereocenters. The molecule has 0 aliphatic rings. The molecule has 2 aromatic heterocycles. The van der Waals surface area contributed by atoms with Crippen molar-refractivity contribution in [2.45, 2.75) is 0 Å². The van der Waals surface area contributed by atoms with E-state index in [0.29, 0.717) is 17.0 Å². The molecule has 0 unspecified atom stereocenters. The van der Waals surface area contributed by atoms with Crippen molar-refractivity contribution < 1.29 is 9.53 Å². The average molecular weight is 267 g/mol. The summed E-state index contributed by atoms with van der Waals surface area (Å²) in [6.07, 6.45) is 5.21. The third kappa shape index (κ3) is 2.33. The molecule has 5 heteroatoms. The first-order valence-electron chi connectivity index (χ1n) is 6.13. The molecular weight excluding hydrogens is 254 g/mol. The van der Waals surface area contributed by atoms with Crippen molar-refractivity contribution in [3.8, 4) is 5.75 Å². The number of carbonyl (C=O) groups is 1. The summed E-state index contributed by atoms with van der Waals surface area (Å²) in [4.78, 5) is 16.2. The van der Waals surface area contributed by atoms with Gasteiger partial charge in [0.05, 0.1) is 25.2 Å². The quantitative estimate of drug-likeness (QED) is 0.793. The van der Waals surface area contributed by atoms with Gasteiger partial charge >= 0.3 is 0 Å². The second kappa shape index (κ2) is 5.05. The molecule has 0 fully saturated rings. The molecule has 0 aliphatic carbocycles. The number of ether oxygens (including phenoxy) is 1. The van der Waals surface area contributed by atoms with E-state index in [1.165, 1.54) is 0 Å². The average Bonchev–Trinajstić information content (AvgIpc) is 2.94. The van der Waals surface area contributed by atoms with Crippen LogP contribution in [-0.4, -0.2) is 22.4 Å². The number of nitrogens with zero attached hydrogens (tertiary/aromatic N) is 2. The Morgan fingerprint density at radius 1 is 1.30 bits per heavy atom. The van der Waals surface area contributed by atoms with Gasteiger partial charge in [-0.3, -0.25) is 4.79 Å². The molecule has 0 radical (unpaired) electrons. The van der Waals surface area contributed by atoms with Crippen molar-refractivity contribution in [2.24, 2.45) is 0 Å². The standard InChI is InChI=1S/C15H13N3O2/c1-20-14-4-2-3-12(8-14)17-15(19)11-5-6-18-10-16-9-13(18)7-11/h2-10H,1H3,(H,17,19). The lowest BCUT2D eigenvalue weighted by Gasteiger charge is -2.07. The van der Waals surface area contributed by atoms with Gasteiger partial charge in [-0.25, -0.2) is 4.98 Å². The number of hydrogen-bond acceptors (Lipinski definition) is 3. The molecule has 0 saturated carbocycles. The molecule has 0 saturated heterocycles. The van der Waals surface area contributed by atoms with Crippen LogP contribution in [0.5, 0.6) is 5.75 Å². The van der Waals surface area contributed by atoms with Crippen LogP contribution in [0.25, 0.3) is 5.52 Å². The highest BCUT2D eigenvalue weighted by Crippen LogP contribution is 2.17. The van der Waals surface area contributed by atoms with Crippen LogP contribution in [0.15, 0.2) is 55.1 Å². The van der Waals surface area contributed by atoms with Gasteiger partial charge in [0.2, 0.25) is 0 Å². The van der Waals surface area contributed by atoms with Crippen molar-refractivity contribution in [3.63, 3.8) is 0 Å². The lowest BCUT2D eigenvalue weighted by molar-refractivity contribution is 0.102. The van der Waals surface area contributed by atoms with Crippen molar-refractivity contribution in [1.82, 2.24) is 9.38 Å². The van der Waals surface area contributed by atoms with Gasteiger partial charge < -0.3 is 14.5 Å². The molecule has 1 aromatic carbocycles. The number of hydrogen-bond donors (Lipinski definition) is 1. The van der Waals surface area contributed by atoms with E-state index in [9.17, 15) is 4.79 Å². The minimum Gasteiger partial charge on any atom is -0.497 e. The van der Waals surface area contributed by atoms with E-state index in [0.717, 1.165) is 5.52 Å². The Kier molecular flexibility index (Phi) is 3.09. The minimum atomic E-state index is -0.165. The molecule has 1 N–H and O–H groups in total. The van der Waals surface area contributed by atoms with E-state index in [1.54, 1.807) is 37.8 Å². The second-order valence-electron chi connectivity index (χ2n) is 4.33. The highest BCUT2D eigenvalue weighted by atomic mass is 16.5. The number of aromatic nitrogens is 2. The molecule has 3 rings (SSSR count). The Bertz CT molecular complexity index is 764. The number of pyridine rings is 1. The maximum absolute atomic E-state index is 12.2. The summed E-state index contributed by atoms with van der Waals surface area (Å²) in [6, 6.07) is 10.8. The normalized spacial score (nSPS) is 10.4. The summed E-state index contributed by atoms with van der Waals surface area (Å²) in [7, 11) is 1.59. The lowest BCUT2D eigenvalue weighted by Crippen LogP contribution is -2.12. The number of fused-ring (bicyclic) bond motifs is 1. The molecular formula is C15H13N3O2. The van der Waals surface area contributed by atoms with E-state index in [2.05, 4.69) is 10.3 Å². The van der Waals surface area contributed by atoms with Gasteiger partial charge in [-0.2, -0.15) is 0 Å². The number of nitrogens with one attached hydrogen (secondary N) is 1. The molecule has 3 aromatic rings. The topological polar surface area (TPSA) is 55.6 Å². The van der Waals surface area contributed by atoms with E-state index < -0.39 is 0 Å². The van der Waals surface area contributed by atoms with Crippen molar-refractivity contribution in [3.05, 3.63) is 60.7 Å². The van der Waals surface area contributed by atoms with Gasteiger partial charge in [0.25, 0.3) is 5.91 Å². The fraction of sp³-hybridized carbons (Fsp3) is 0.0667. The van der Waals surface area contributed by atoms with E-state index in [4.69, 9.17) is 4.74 Å². The zero-order valence-corrected chi connectivity index (χ0v) is 10.9. The molecule has 2 heterocycles. The van der Waals surface area contributed by atoms with Crippen LogP contribution in [0.3, 0.4) is 0 Å². The maximum Gasteiger partial charge on any atom is 0.255 e. The van der Waals surface area contributed by atoms with Gasteiger partial charge in [0.15, 0.2) is 0 Å². The summed E-state index contributed by atoms with van der Waals surface area (Å²) in [5.74, 6) is 0.538. The predicted octanol–water partition coefficient (Wildman–Crippen LogP) is 2.60. The van der Waals surface area contributed by atoms with Crippen LogP contribution in [0.1, 0.15) is 10.4 Å². The number of rotatable bonds is 3. The molecule has 20 heavy (non-hydrogen) atoms. The summed E-state index contributed by atoms with van der Waals surface area (Å²) in [6.45, 7) is 0. The summed E-state index contributed by atoms with van der Waals surface area (Å²) >= 11 is 0. The Balaban J connectivity index is 1.84. The number of methoxy groups -OCH3 is 1. The largest absolute Gasteiger partial charge is 0.497 e. The minimum absolute atomic E-state index is 0.165. The van der Waals surface area contributed by atoms with Crippen LogP contribution in [-0.2, 0) is 0 Å². The fourth-order valence-electron chi connectivity index (χ4n) is 1.96. The molecule has 100 valence electrons. The van der Waals surface area contributed by atoms with Gasteiger partial charge in [-0.15, -0.1) is 0 Å². The van der Waals surface area contributed by atoms with Crippen LogP contribution in [0, 0.1) is 0 Å². The molecule has 1 amide bonds. The number of anilines is 1. The number of benzene rings is 1. The number of imidazole rings is 1. The first-order valence-corrected chi connectivity index (χ1v) is 6.13. The third-order valence-electron chi connectivity index (χ3n) is 3.00. The van der Waals surface area contributed by atoms with Crippen molar-refractivity contribution in [2.75, 3.05) is 12.4 Å². The zero-order valence-electron chi connectivity index (χ0n) is 10.9. The first-order chi connectivity index (χ1) is 9.76. The molecule has 0 aliphatic heterocycles. The van der Waals surface area contributed by atoms with Crippen molar-refractivity contribution >= 4 is 17.1 Å². The van der Waals surface area contributed by atoms with Crippen LogP contribution in [0.2, 0.25) is 0 Å². The molecule has 5 nitrogen and oxygen atoms in total. The summed E-state index contributed by atoms with van der Waals surface area (Å²) < 4.78 is 6.98. The maximum atomic E-state index is 12.2. The highest BCUT2D eigenvalue weighted by molar-refractivity contribution is 6.04. The Hall–Kier alpha value is -2.82. The van der Waals surface area contributed by atoms with Crippen LogP contribution in [0.4, 0.5) is 5.69 Å². The molecule has 0 bridgehead atoms.